The van der Waals surface area contributed by atoms with E-state index in [2.05, 4.69) is 44.0 Å². The van der Waals surface area contributed by atoms with Crippen LogP contribution in [0.1, 0.15) is 61.3 Å². The third kappa shape index (κ3) is 7.63. The molecule has 1 saturated heterocycles. The quantitative estimate of drug-likeness (QED) is 0.355. The Kier molecular flexibility index (Phi) is 9.90. The van der Waals surface area contributed by atoms with Gasteiger partial charge in [0.2, 0.25) is 5.91 Å². The molecule has 220 valence electrons. The number of aromatic nitrogens is 1. The van der Waals surface area contributed by atoms with Gasteiger partial charge in [-0.05, 0) is 37.0 Å². The van der Waals surface area contributed by atoms with Gasteiger partial charge in [0.05, 0.1) is 53.0 Å². The summed E-state index contributed by atoms with van der Waals surface area (Å²) in [7, 11) is 6.50. The zero-order chi connectivity index (χ0) is 28.9. The number of carboxylic acids is 1. The van der Waals surface area contributed by atoms with Gasteiger partial charge < -0.3 is 23.6 Å². The Morgan fingerprint density at radius 1 is 1.20 bits per heavy atom. The molecule has 1 aromatic heterocycles. The van der Waals surface area contributed by atoms with Crippen LogP contribution in [0.15, 0.2) is 28.8 Å². The maximum absolute atomic E-state index is 13.7. The van der Waals surface area contributed by atoms with Crippen LogP contribution in [0, 0.1) is 12.8 Å². The van der Waals surface area contributed by atoms with Crippen molar-refractivity contribution in [2.75, 3.05) is 60.5 Å². The predicted octanol–water partition coefficient (Wildman–Crippen LogP) is 3.74. The highest BCUT2D eigenvalue weighted by atomic mass is 16.5. The summed E-state index contributed by atoms with van der Waals surface area (Å²) in [5.74, 6) is 0.645. The zero-order valence-corrected chi connectivity index (χ0v) is 24.9. The molecule has 3 heterocycles. The molecule has 1 fully saturated rings. The number of quaternary nitrogens is 1. The van der Waals surface area contributed by atoms with Crippen LogP contribution in [-0.2, 0) is 22.4 Å². The smallest absolute Gasteiger partial charge is 0.308 e. The summed E-state index contributed by atoms with van der Waals surface area (Å²) in [6.07, 6.45) is 6.53. The van der Waals surface area contributed by atoms with Crippen LogP contribution in [0.4, 0.5) is 0 Å². The number of hydrogen-bond acceptors (Lipinski definition) is 6. The van der Waals surface area contributed by atoms with Crippen LogP contribution in [0.5, 0.6) is 5.75 Å². The molecule has 2 aliphatic rings. The SMILES string of the molecule is CCCCN(CCC[N+](C)(C)C)C(=O)CN1CC(c2ccc3c(c2)CCO3)C(C(=O)O)C1CCc1ncc(C)o1. The first-order chi connectivity index (χ1) is 19.1. The second-order valence-corrected chi connectivity index (χ2v) is 12.4. The van der Waals surface area contributed by atoms with Crippen LogP contribution in [0.3, 0.4) is 0 Å². The molecule has 0 spiro atoms. The minimum absolute atomic E-state index is 0.0824. The molecule has 0 saturated carbocycles. The van der Waals surface area contributed by atoms with E-state index in [1.54, 1.807) is 6.20 Å². The van der Waals surface area contributed by atoms with Gasteiger partial charge in [-0.2, -0.15) is 0 Å². The number of ether oxygens (including phenoxy) is 1. The summed E-state index contributed by atoms with van der Waals surface area (Å²) in [5.41, 5.74) is 2.14. The monoisotopic (exact) mass is 555 g/mol. The number of carbonyl (C=O) groups is 2. The van der Waals surface area contributed by atoms with E-state index in [9.17, 15) is 14.7 Å². The van der Waals surface area contributed by atoms with Crippen molar-refractivity contribution in [1.29, 1.82) is 0 Å². The number of amides is 1. The van der Waals surface area contributed by atoms with E-state index in [-0.39, 0.29) is 24.4 Å². The molecule has 0 radical (unpaired) electrons. The Labute approximate surface area is 238 Å². The number of carboxylic acid groups (broad SMARTS) is 1. The molecule has 9 heteroatoms. The Bertz CT molecular complexity index is 1160. The highest BCUT2D eigenvalue weighted by Gasteiger charge is 2.47. The van der Waals surface area contributed by atoms with Crippen molar-refractivity contribution in [1.82, 2.24) is 14.8 Å². The number of oxazole rings is 1. The molecule has 1 N–H and O–H groups in total. The lowest BCUT2D eigenvalue weighted by molar-refractivity contribution is -0.870. The first-order valence-electron chi connectivity index (χ1n) is 14.8. The van der Waals surface area contributed by atoms with Gasteiger partial charge >= 0.3 is 5.97 Å². The molecule has 1 aromatic carbocycles. The van der Waals surface area contributed by atoms with Gasteiger partial charge in [-0.3, -0.25) is 14.5 Å². The molecular weight excluding hydrogens is 508 g/mol. The van der Waals surface area contributed by atoms with Crippen LogP contribution >= 0.6 is 0 Å². The van der Waals surface area contributed by atoms with E-state index in [1.165, 1.54) is 0 Å². The Hall–Kier alpha value is -2.91. The lowest BCUT2D eigenvalue weighted by Gasteiger charge is -2.30. The van der Waals surface area contributed by atoms with E-state index < -0.39 is 11.9 Å². The minimum atomic E-state index is -0.823. The second-order valence-electron chi connectivity index (χ2n) is 12.4. The molecule has 9 nitrogen and oxygen atoms in total. The van der Waals surface area contributed by atoms with Gasteiger partial charge in [-0.1, -0.05) is 25.5 Å². The zero-order valence-electron chi connectivity index (χ0n) is 24.9. The van der Waals surface area contributed by atoms with Crippen LogP contribution < -0.4 is 4.74 Å². The number of likely N-dealkylation sites (tertiary alicyclic amines) is 1. The molecule has 3 atom stereocenters. The van der Waals surface area contributed by atoms with Gasteiger partial charge in [0, 0.05) is 50.9 Å². The van der Waals surface area contributed by atoms with Crippen molar-refractivity contribution >= 4 is 11.9 Å². The number of carbonyl (C=O) groups excluding carboxylic acids is 1. The molecule has 0 bridgehead atoms. The molecule has 2 aliphatic heterocycles. The third-order valence-corrected chi connectivity index (χ3v) is 8.23. The van der Waals surface area contributed by atoms with Crippen molar-refractivity contribution < 1.29 is 28.3 Å². The minimum Gasteiger partial charge on any atom is -0.493 e. The highest BCUT2D eigenvalue weighted by Crippen LogP contribution is 2.41. The third-order valence-electron chi connectivity index (χ3n) is 8.23. The fourth-order valence-electron chi connectivity index (χ4n) is 6.14. The van der Waals surface area contributed by atoms with Gasteiger partial charge in [-0.15, -0.1) is 0 Å². The fraction of sp³-hybridized carbons (Fsp3) is 0.645. The van der Waals surface area contributed by atoms with Gasteiger partial charge in [-0.25, -0.2) is 4.98 Å². The molecule has 0 aliphatic carbocycles. The Morgan fingerprint density at radius 2 is 1.98 bits per heavy atom. The van der Waals surface area contributed by atoms with E-state index in [0.717, 1.165) is 72.4 Å². The molecule has 1 amide bonds. The summed E-state index contributed by atoms with van der Waals surface area (Å²) < 4.78 is 12.3. The van der Waals surface area contributed by atoms with Crippen molar-refractivity contribution in [2.45, 2.75) is 64.3 Å². The first kappa shape index (κ1) is 30.1. The van der Waals surface area contributed by atoms with E-state index in [0.29, 0.717) is 31.9 Å². The fourth-order valence-corrected chi connectivity index (χ4v) is 6.14. The van der Waals surface area contributed by atoms with E-state index in [1.807, 2.05) is 24.0 Å². The number of aryl methyl sites for hydroxylation is 2. The standard InChI is InChI=1S/C31H46N4O5/c1-6-7-14-33(15-8-16-35(3,4)5)29(36)21-34-20-25(23-9-11-27-24(18-23)13-17-39-27)30(31(37)38)26(34)10-12-28-32-19-22(2)40-28/h9,11,18-19,25-26,30H,6-8,10,12-17,20-21H2,1-5H3/p+1. The summed E-state index contributed by atoms with van der Waals surface area (Å²) in [5, 5.41) is 10.5. The van der Waals surface area contributed by atoms with Crippen molar-refractivity contribution in [3.8, 4) is 5.75 Å². The predicted molar refractivity (Wildman–Crippen MR) is 153 cm³/mol. The normalized spacial score (nSPS) is 20.9. The highest BCUT2D eigenvalue weighted by molar-refractivity contribution is 5.79. The number of fused-ring (bicyclic) bond motifs is 1. The lowest BCUT2D eigenvalue weighted by atomic mass is 9.83. The van der Waals surface area contributed by atoms with Crippen LogP contribution in [0.25, 0.3) is 0 Å². The number of aliphatic carboxylic acids is 1. The van der Waals surface area contributed by atoms with Gasteiger partial charge in [0.25, 0.3) is 0 Å². The van der Waals surface area contributed by atoms with Gasteiger partial charge in [0.15, 0.2) is 5.89 Å². The number of hydrogen-bond donors (Lipinski definition) is 1. The Morgan fingerprint density at radius 3 is 2.65 bits per heavy atom. The maximum atomic E-state index is 13.7. The summed E-state index contributed by atoms with van der Waals surface area (Å²) in [4.78, 5) is 35.0. The largest absolute Gasteiger partial charge is 0.493 e. The number of nitrogens with zero attached hydrogens (tertiary/aromatic N) is 4. The van der Waals surface area contributed by atoms with Crippen molar-refractivity contribution in [2.24, 2.45) is 5.92 Å². The lowest BCUT2D eigenvalue weighted by Crippen LogP contribution is -2.45. The Balaban J connectivity index is 1.56. The van der Waals surface area contributed by atoms with Crippen molar-refractivity contribution in [3.05, 3.63) is 47.2 Å². The van der Waals surface area contributed by atoms with Gasteiger partial charge in [0.1, 0.15) is 11.5 Å². The number of benzene rings is 1. The molecule has 4 rings (SSSR count). The number of rotatable bonds is 14. The van der Waals surface area contributed by atoms with E-state index in [4.69, 9.17) is 9.15 Å². The summed E-state index contributed by atoms with van der Waals surface area (Å²) >= 11 is 0. The van der Waals surface area contributed by atoms with Crippen LogP contribution in [0.2, 0.25) is 0 Å². The second kappa shape index (κ2) is 13.2. The van der Waals surface area contributed by atoms with E-state index >= 15 is 0 Å². The average Bonchev–Trinajstić information content (AvgIpc) is 3.61. The molecule has 40 heavy (non-hydrogen) atoms. The summed E-state index contributed by atoms with van der Waals surface area (Å²) in [6.45, 7) is 7.84. The topological polar surface area (TPSA) is 96.1 Å². The number of unbranched alkanes of at least 4 members (excludes halogenated alkanes) is 1. The molecule has 3 unspecified atom stereocenters. The first-order valence-corrected chi connectivity index (χ1v) is 14.8. The van der Waals surface area contributed by atoms with Crippen LogP contribution in [-0.4, -0.2) is 103 Å². The summed E-state index contributed by atoms with van der Waals surface area (Å²) in [6, 6.07) is 5.78. The molecular formula is C31H47N4O5+. The van der Waals surface area contributed by atoms with Crippen molar-refractivity contribution in [3.63, 3.8) is 0 Å². The molecule has 2 aromatic rings. The maximum Gasteiger partial charge on any atom is 0.308 e. The average molecular weight is 556 g/mol.